The molecule has 0 unspecified atom stereocenters. The lowest BCUT2D eigenvalue weighted by Crippen LogP contribution is -2.40. The Balaban J connectivity index is 1.89. The topological polar surface area (TPSA) is 105 Å². The summed E-state index contributed by atoms with van der Waals surface area (Å²) in [6.07, 6.45) is 1.66. The van der Waals surface area contributed by atoms with Crippen LogP contribution in [0.5, 0.6) is 11.5 Å². The molecule has 0 fully saturated rings. The quantitative estimate of drug-likeness (QED) is 0.396. The SMILES string of the molecule is CCOC(=O)C1=C(C)N=c2s/c(=C\c3ccc(C(=O)OC)cc3)c(=O)n2[C@H]1c1ccc(OC(C)C)c(OC)c1. The molecule has 0 spiro atoms. The molecular formula is C29H30N2O7S. The number of aromatic nitrogens is 1. The number of fused-ring (bicyclic) bond motifs is 1. The van der Waals surface area contributed by atoms with Crippen LogP contribution >= 0.6 is 11.3 Å². The summed E-state index contributed by atoms with van der Waals surface area (Å²) >= 11 is 1.22. The Morgan fingerprint density at radius 1 is 1.08 bits per heavy atom. The Morgan fingerprint density at radius 3 is 2.41 bits per heavy atom. The van der Waals surface area contributed by atoms with Crippen molar-refractivity contribution in [2.75, 3.05) is 20.8 Å². The fraction of sp³-hybridized carbons (Fsp3) is 0.310. The Morgan fingerprint density at radius 2 is 1.79 bits per heavy atom. The summed E-state index contributed by atoms with van der Waals surface area (Å²) in [7, 11) is 2.86. The van der Waals surface area contributed by atoms with Crippen LogP contribution in [0.2, 0.25) is 0 Å². The summed E-state index contributed by atoms with van der Waals surface area (Å²) in [5.41, 5.74) is 2.22. The van der Waals surface area contributed by atoms with E-state index < -0.39 is 18.0 Å². The molecule has 39 heavy (non-hydrogen) atoms. The van der Waals surface area contributed by atoms with Gasteiger partial charge in [-0.15, -0.1) is 0 Å². The number of benzene rings is 2. The third-order valence-electron chi connectivity index (χ3n) is 6.01. The molecule has 1 aliphatic rings. The lowest BCUT2D eigenvalue weighted by Gasteiger charge is -2.25. The van der Waals surface area contributed by atoms with Crippen LogP contribution in [0.15, 0.2) is 63.5 Å². The fourth-order valence-corrected chi connectivity index (χ4v) is 5.34. The molecule has 2 heterocycles. The molecule has 0 amide bonds. The van der Waals surface area contributed by atoms with E-state index in [1.807, 2.05) is 19.9 Å². The molecule has 0 N–H and O–H groups in total. The van der Waals surface area contributed by atoms with Crippen LogP contribution in [0.1, 0.15) is 55.2 Å². The second-order valence-electron chi connectivity index (χ2n) is 8.99. The summed E-state index contributed by atoms with van der Waals surface area (Å²) in [5.74, 6) is 0.0466. The number of hydrogen-bond donors (Lipinski definition) is 0. The first-order valence-corrected chi connectivity index (χ1v) is 13.2. The van der Waals surface area contributed by atoms with E-state index in [1.54, 1.807) is 56.3 Å². The van der Waals surface area contributed by atoms with Crippen LogP contribution < -0.4 is 24.4 Å². The van der Waals surface area contributed by atoms with Crippen molar-refractivity contribution < 1.29 is 28.5 Å². The number of thiazole rings is 1. The fourth-order valence-electron chi connectivity index (χ4n) is 4.30. The Labute approximate surface area is 229 Å². The van der Waals surface area contributed by atoms with E-state index in [-0.39, 0.29) is 23.8 Å². The minimum atomic E-state index is -0.786. The predicted molar refractivity (Wildman–Crippen MR) is 147 cm³/mol. The maximum Gasteiger partial charge on any atom is 0.338 e. The van der Waals surface area contributed by atoms with Crippen LogP contribution in [-0.4, -0.2) is 43.4 Å². The number of carbonyl (C=O) groups is 2. The van der Waals surface area contributed by atoms with Gasteiger partial charge in [-0.05, 0) is 69.2 Å². The second kappa shape index (κ2) is 11.7. The normalized spacial score (nSPS) is 15.1. The smallest absolute Gasteiger partial charge is 0.338 e. The van der Waals surface area contributed by atoms with Crippen molar-refractivity contribution >= 4 is 29.4 Å². The Hall–Kier alpha value is -4.18. The summed E-state index contributed by atoms with van der Waals surface area (Å²) in [6, 6.07) is 11.3. The van der Waals surface area contributed by atoms with Gasteiger partial charge in [0.05, 0.1) is 54.3 Å². The molecule has 1 aromatic heterocycles. The number of carbonyl (C=O) groups excluding carboxylic acids is 2. The van der Waals surface area contributed by atoms with Gasteiger partial charge in [0.2, 0.25) is 0 Å². The summed E-state index contributed by atoms with van der Waals surface area (Å²) in [4.78, 5) is 43.8. The highest BCUT2D eigenvalue weighted by atomic mass is 32.1. The van der Waals surface area contributed by atoms with Crippen molar-refractivity contribution in [3.63, 3.8) is 0 Å². The van der Waals surface area contributed by atoms with Crippen molar-refractivity contribution in [2.45, 2.75) is 39.8 Å². The highest BCUT2D eigenvalue weighted by molar-refractivity contribution is 7.07. The first-order chi connectivity index (χ1) is 18.7. The second-order valence-corrected chi connectivity index (χ2v) is 10.0. The molecule has 1 aliphatic heterocycles. The third kappa shape index (κ3) is 5.65. The molecular weight excluding hydrogens is 520 g/mol. The number of methoxy groups -OCH3 is 2. The van der Waals surface area contributed by atoms with Gasteiger partial charge in [-0.2, -0.15) is 0 Å². The monoisotopic (exact) mass is 550 g/mol. The van der Waals surface area contributed by atoms with E-state index in [4.69, 9.17) is 18.9 Å². The van der Waals surface area contributed by atoms with Gasteiger partial charge in [-0.1, -0.05) is 29.5 Å². The van der Waals surface area contributed by atoms with Crippen molar-refractivity contribution in [2.24, 2.45) is 4.99 Å². The first-order valence-electron chi connectivity index (χ1n) is 12.4. The summed E-state index contributed by atoms with van der Waals surface area (Å²) < 4.78 is 23.5. The molecule has 4 rings (SSSR count). The molecule has 0 saturated heterocycles. The first kappa shape index (κ1) is 27.8. The molecule has 2 aromatic carbocycles. The average Bonchev–Trinajstić information content (AvgIpc) is 3.21. The van der Waals surface area contributed by atoms with Crippen molar-refractivity contribution in [1.82, 2.24) is 4.57 Å². The van der Waals surface area contributed by atoms with Crippen LogP contribution in [0.25, 0.3) is 6.08 Å². The summed E-state index contributed by atoms with van der Waals surface area (Å²) in [6.45, 7) is 7.47. The van der Waals surface area contributed by atoms with E-state index in [0.717, 1.165) is 5.56 Å². The van der Waals surface area contributed by atoms with E-state index in [0.29, 0.717) is 37.7 Å². The zero-order chi connectivity index (χ0) is 28.3. The molecule has 9 nitrogen and oxygen atoms in total. The highest BCUT2D eigenvalue weighted by Gasteiger charge is 2.34. The maximum atomic E-state index is 13.8. The van der Waals surface area contributed by atoms with Gasteiger partial charge >= 0.3 is 11.9 Å². The standard InChI is InChI=1S/C29H30N2O7S/c1-7-37-28(34)24-17(4)30-29-31(25(24)20-12-13-21(38-16(2)3)22(15-20)35-5)26(32)23(39-29)14-18-8-10-19(11-9-18)27(33)36-6/h8-16,25H,7H2,1-6H3/b23-14-/t25-/m0/s1. The Kier molecular flexibility index (Phi) is 8.35. The van der Waals surface area contributed by atoms with Crippen LogP contribution in [0.3, 0.4) is 0 Å². The highest BCUT2D eigenvalue weighted by Crippen LogP contribution is 2.36. The molecule has 1 atom stereocenters. The minimum absolute atomic E-state index is 0.0682. The number of rotatable bonds is 8. The Bertz CT molecular complexity index is 1610. The largest absolute Gasteiger partial charge is 0.493 e. The van der Waals surface area contributed by atoms with Gasteiger partial charge in [0.1, 0.15) is 0 Å². The molecule has 0 radical (unpaired) electrons. The van der Waals surface area contributed by atoms with Gasteiger partial charge in [0, 0.05) is 0 Å². The molecule has 10 heteroatoms. The number of ether oxygens (including phenoxy) is 4. The predicted octanol–water partition coefficient (Wildman–Crippen LogP) is 3.38. The number of nitrogens with zero attached hydrogens (tertiary/aromatic N) is 2. The van der Waals surface area contributed by atoms with E-state index in [1.165, 1.54) is 30.1 Å². The number of allylic oxidation sites excluding steroid dienone is 1. The van der Waals surface area contributed by atoms with Gasteiger partial charge in [-0.3, -0.25) is 9.36 Å². The van der Waals surface area contributed by atoms with E-state index >= 15 is 0 Å². The van der Waals surface area contributed by atoms with Crippen molar-refractivity contribution in [3.05, 3.63) is 90.1 Å². The van der Waals surface area contributed by atoms with Crippen molar-refractivity contribution in [1.29, 1.82) is 0 Å². The van der Waals surface area contributed by atoms with Gasteiger partial charge in [-0.25, -0.2) is 14.6 Å². The maximum absolute atomic E-state index is 13.8. The van der Waals surface area contributed by atoms with Crippen LogP contribution in [0, 0.1) is 0 Å². The minimum Gasteiger partial charge on any atom is -0.493 e. The molecule has 3 aromatic rings. The van der Waals surface area contributed by atoms with E-state index in [9.17, 15) is 14.4 Å². The number of esters is 2. The van der Waals surface area contributed by atoms with Crippen LogP contribution in [-0.2, 0) is 14.3 Å². The zero-order valence-electron chi connectivity index (χ0n) is 22.6. The number of hydrogen-bond acceptors (Lipinski definition) is 9. The summed E-state index contributed by atoms with van der Waals surface area (Å²) in [5, 5.41) is 0. The molecule has 204 valence electrons. The van der Waals surface area contributed by atoms with E-state index in [2.05, 4.69) is 4.99 Å². The molecule has 0 saturated carbocycles. The molecule has 0 aliphatic carbocycles. The average molecular weight is 551 g/mol. The lowest BCUT2D eigenvalue weighted by molar-refractivity contribution is -0.139. The lowest BCUT2D eigenvalue weighted by atomic mass is 9.95. The molecule has 0 bridgehead atoms. The van der Waals surface area contributed by atoms with Crippen molar-refractivity contribution in [3.8, 4) is 11.5 Å². The van der Waals surface area contributed by atoms with Gasteiger partial charge in [0.25, 0.3) is 5.56 Å². The third-order valence-corrected chi connectivity index (χ3v) is 7.00. The van der Waals surface area contributed by atoms with Crippen LogP contribution in [0.4, 0.5) is 0 Å². The zero-order valence-corrected chi connectivity index (χ0v) is 23.5. The van der Waals surface area contributed by atoms with Gasteiger partial charge < -0.3 is 18.9 Å². The van der Waals surface area contributed by atoms with Gasteiger partial charge in [0.15, 0.2) is 16.3 Å².